The number of nitrogens with zero attached hydrogens (tertiary/aromatic N) is 3. The monoisotopic (exact) mass is 252 g/mol. The van der Waals surface area contributed by atoms with Gasteiger partial charge in [-0.05, 0) is 34.5 Å². The summed E-state index contributed by atoms with van der Waals surface area (Å²) in [6.07, 6.45) is 5.18. The van der Waals surface area contributed by atoms with E-state index in [9.17, 15) is 0 Å². The van der Waals surface area contributed by atoms with Gasteiger partial charge in [-0.1, -0.05) is 0 Å². The molecule has 0 spiro atoms. The van der Waals surface area contributed by atoms with E-state index in [1.807, 2.05) is 19.2 Å². The molecule has 0 saturated carbocycles. The standard InChI is InChI=1S/C9H9BrN4/c1-6-7(11)5-12-9(8(6)10)14-4-2-3-13-14/h2-5H,11H2,1H3. The first-order valence-electron chi connectivity index (χ1n) is 4.10. The van der Waals surface area contributed by atoms with Gasteiger partial charge in [0.25, 0.3) is 0 Å². The van der Waals surface area contributed by atoms with Crippen LogP contribution in [0.5, 0.6) is 0 Å². The first-order valence-corrected chi connectivity index (χ1v) is 4.90. The van der Waals surface area contributed by atoms with Crippen LogP contribution in [0.3, 0.4) is 0 Å². The minimum atomic E-state index is 0.674. The summed E-state index contributed by atoms with van der Waals surface area (Å²) in [5.74, 6) is 0.752. The summed E-state index contributed by atoms with van der Waals surface area (Å²) in [5, 5.41) is 4.10. The molecule has 0 unspecified atom stereocenters. The average molecular weight is 253 g/mol. The Hall–Kier alpha value is -1.36. The van der Waals surface area contributed by atoms with Crippen molar-refractivity contribution < 1.29 is 0 Å². The second-order valence-electron chi connectivity index (χ2n) is 2.93. The number of nitrogen functional groups attached to an aromatic ring is 1. The van der Waals surface area contributed by atoms with Crippen LogP contribution in [0.15, 0.2) is 29.1 Å². The topological polar surface area (TPSA) is 56.7 Å². The summed E-state index contributed by atoms with van der Waals surface area (Å²) >= 11 is 3.45. The summed E-state index contributed by atoms with van der Waals surface area (Å²) < 4.78 is 2.57. The molecule has 0 saturated heterocycles. The Balaban J connectivity index is 2.61. The van der Waals surface area contributed by atoms with Gasteiger partial charge in [-0.3, -0.25) is 0 Å². The van der Waals surface area contributed by atoms with Crippen molar-refractivity contribution in [1.29, 1.82) is 0 Å². The van der Waals surface area contributed by atoms with Gasteiger partial charge in [-0.15, -0.1) is 0 Å². The Bertz CT molecular complexity index is 450. The van der Waals surface area contributed by atoms with Crippen LogP contribution in [-0.2, 0) is 0 Å². The molecule has 0 aliphatic heterocycles. The molecule has 0 radical (unpaired) electrons. The van der Waals surface area contributed by atoms with Crippen molar-refractivity contribution in [2.75, 3.05) is 5.73 Å². The molecule has 2 rings (SSSR count). The predicted molar refractivity (Wildman–Crippen MR) is 58.2 cm³/mol. The first kappa shape index (κ1) is 9.21. The van der Waals surface area contributed by atoms with Gasteiger partial charge in [0, 0.05) is 12.4 Å². The molecule has 5 heteroatoms. The molecule has 2 heterocycles. The quantitative estimate of drug-likeness (QED) is 0.844. The van der Waals surface area contributed by atoms with E-state index in [1.165, 1.54) is 0 Å². The van der Waals surface area contributed by atoms with Gasteiger partial charge in [0.1, 0.15) is 0 Å². The fraction of sp³-hybridized carbons (Fsp3) is 0.111. The molecule has 2 N–H and O–H groups in total. The van der Waals surface area contributed by atoms with E-state index in [-0.39, 0.29) is 0 Å². The van der Waals surface area contributed by atoms with Gasteiger partial charge in [0.15, 0.2) is 5.82 Å². The van der Waals surface area contributed by atoms with Gasteiger partial charge in [0.2, 0.25) is 0 Å². The van der Waals surface area contributed by atoms with Crippen molar-refractivity contribution >= 4 is 21.6 Å². The molecule has 2 aromatic heterocycles. The van der Waals surface area contributed by atoms with Crippen molar-refractivity contribution in [3.05, 3.63) is 34.7 Å². The third-order valence-electron chi connectivity index (χ3n) is 2.01. The summed E-state index contributed by atoms with van der Waals surface area (Å²) in [6, 6.07) is 1.85. The third-order valence-corrected chi connectivity index (χ3v) is 2.96. The van der Waals surface area contributed by atoms with Crippen molar-refractivity contribution in [2.45, 2.75) is 6.92 Å². The largest absolute Gasteiger partial charge is 0.397 e. The van der Waals surface area contributed by atoms with Crippen molar-refractivity contribution in [1.82, 2.24) is 14.8 Å². The fourth-order valence-electron chi connectivity index (χ4n) is 1.13. The van der Waals surface area contributed by atoms with E-state index >= 15 is 0 Å². The van der Waals surface area contributed by atoms with E-state index < -0.39 is 0 Å². The zero-order valence-corrected chi connectivity index (χ0v) is 9.19. The Morgan fingerprint density at radius 1 is 1.50 bits per heavy atom. The van der Waals surface area contributed by atoms with E-state index in [2.05, 4.69) is 26.0 Å². The van der Waals surface area contributed by atoms with E-state index in [1.54, 1.807) is 17.1 Å². The number of aromatic nitrogens is 3. The number of rotatable bonds is 1. The van der Waals surface area contributed by atoms with Crippen LogP contribution >= 0.6 is 15.9 Å². The number of hydrogen-bond donors (Lipinski definition) is 1. The molecule has 0 atom stereocenters. The molecule has 0 aliphatic carbocycles. The predicted octanol–water partition coefficient (Wildman–Crippen LogP) is 1.92. The summed E-state index contributed by atoms with van der Waals surface area (Å²) in [5.41, 5.74) is 7.37. The maximum atomic E-state index is 5.72. The normalized spacial score (nSPS) is 10.4. The maximum Gasteiger partial charge on any atom is 0.168 e. The summed E-state index contributed by atoms with van der Waals surface area (Å²) in [6.45, 7) is 1.94. The fourth-order valence-corrected chi connectivity index (χ4v) is 1.65. The molecule has 14 heavy (non-hydrogen) atoms. The van der Waals surface area contributed by atoms with Crippen molar-refractivity contribution in [3.63, 3.8) is 0 Å². The van der Waals surface area contributed by atoms with Crippen molar-refractivity contribution in [2.24, 2.45) is 0 Å². The summed E-state index contributed by atoms with van der Waals surface area (Å²) in [4.78, 5) is 4.21. The third kappa shape index (κ3) is 1.39. The molecule has 72 valence electrons. The number of nitrogens with two attached hydrogens (primary N) is 1. The molecule has 0 aliphatic rings. The highest BCUT2D eigenvalue weighted by molar-refractivity contribution is 9.10. The molecule has 0 fully saturated rings. The van der Waals surface area contributed by atoms with Gasteiger partial charge < -0.3 is 5.73 Å². The summed E-state index contributed by atoms with van der Waals surface area (Å²) in [7, 11) is 0. The van der Waals surface area contributed by atoms with Gasteiger partial charge in [-0.25, -0.2) is 9.67 Å². The van der Waals surface area contributed by atoms with E-state index in [0.717, 1.165) is 15.9 Å². The van der Waals surface area contributed by atoms with Crippen LogP contribution in [0.25, 0.3) is 5.82 Å². The molecule has 4 nitrogen and oxygen atoms in total. The zero-order valence-electron chi connectivity index (χ0n) is 7.61. The molecule has 2 aromatic rings. The Morgan fingerprint density at radius 2 is 2.29 bits per heavy atom. The highest BCUT2D eigenvalue weighted by Gasteiger charge is 2.08. The van der Waals surface area contributed by atoms with Crippen LogP contribution < -0.4 is 5.73 Å². The lowest BCUT2D eigenvalue weighted by Gasteiger charge is -2.07. The Kier molecular flexibility index (Phi) is 2.25. The lowest BCUT2D eigenvalue weighted by atomic mass is 10.2. The molecule has 0 bridgehead atoms. The Morgan fingerprint density at radius 3 is 2.93 bits per heavy atom. The second kappa shape index (κ2) is 3.42. The smallest absolute Gasteiger partial charge is 0.168 e. The van der Waals surface area contributed by atoms with Gasteiger partial charge >= 0.3 is 0 Å². The minimum Gasteiger partial charge on any atom is -0.397 e. The number of pyridine rings is 1. The van der Waals surface area contributed by atoms with Crippen LogP contribution in [0, 0.1) is 6.92 Å². The first-order chi connectivity index (χ1) is 6.70. The van der Waals surface area contributed by atoms with E-state index in [4.69, 9.17) is 5.73 Å². The average Bonchev–Trinajstić information content (AvgIpc) is 2.67. The number of halogens is 1. The van der Waals surface area contributed by atoms with E-state index in [0.29, 0.717) is 5.69 Å². The lowest BCUT2D eigenvalue weighted by molar-refractivity contribution is 0.840. The van der Waals surface area contributed by atoms with Crippen LogP contribution in [0.2, 0.25) is 0 Å². The van der Waals surface area contributed by atoms with Crippen LogP contribution in [0.4, 0.5) is 5.69 Å². The van der Waals surface area contributed by atoms with Crippen LogP contribution in [0.1, 0.15) is 5.56 Å². The Labute approximate surface area is 89.9 Å². The SMILES string of the molecule is Cc1c(N)cnc(-n2cccn2)c1Br. The molecule has 0 amide bonds. The molecule has 0 aromatic carbocycles. The van der Waals surface area contributed by atoms with Gasteiger partial charge in [0.05, 0.1) is 16.4 Å². The molecular weight excluding hydrogens is 244 g/mol. The number of hydrogen-bond acceptors (Lipinski definition) is 3. The van der Waals surface area contributed by atoms with Gasteiger partial charge in [-0.2, -0.15) is 5.10 Å². The zero-order chi connectivity index (χ0) is 10.1. The number of anilines is 1. The van der Waals surface area contributed by atoms with Crippen molar-refractivity contribution in [3.8, 4) is 5.82 Å². The highest BCUT2D eigenvalue weighted by atomic mass is 79.9. The van der Waals surface area contributed by atoms with Crippen LogP contribution in [-0.4, -0.2) is 14.8 Å². The highest BCUT2D eigenvalue weighted by Crippen LogP contribution is 2.25. The minimum absolute atomic E-state index is 0.674. The maximum absolute atomic E-state index is 5.72. The molecular formula is C9H9BrN4. The second-order valence-corrected chi connectivity index (χ2v) is 3.72. The lowest BCUT2D eigenvalue weighted by Crippen LogP contribution is -2.02.